The van der Waals surface area contributed by atoms with Crippen LogP contribution in [0.4, 0.5) is 0 Å². The number of hydrogen-bond donors (Lipinski definition) is 2. The molecule has 1 amide bonds. The summed E-state index contributed by atoms with van der Waals surface area (Å²) in [4.78, 5) is 23.2. The maximum absolute atomic E-state index is 10.9. The molecule has 0 aromatic heterocycles. The van der Waals surface area contributed by atoms with Crippen LogP contribution in [-0.2, 0) is 9.59 Å². The summed E-state index contributed by atoms with van der Waals surface area (Å²) in [5, 5.41) is 11.4. The summed E-state index contributed by atoms with van der Waals surface area (Å²) in [6.45, 7) is 3.91. The van der Waals surface area contributed by atoms with Crippen LogP contribution in [0.15, 0.2) is 0 Å². The van der Waals surface area contributed by atoms with Gasteiger partial charge in [-0.3, -0.25) is 4.79 Å². The standard InChI is InChI=1S/C8H14N2O3/c1-2-10-4-3-8(5-10,7(12)13)9-6-11/h6H,2-5H2,1H3,(H,9,11)(H,12,13). The number of likely N-dealkylation sites (tertiary alicyclic amines) is 1. The van der Waals surface area contributed by atoms with Crippen LogP contribution in [0.3, 0.4) is 0 Å². The summed E-state index contributed by atoms with van der Waals surface area (Å²) in [6.07, 6.45) is 0.947. The predicted molar refractivity (Wildman–Crippen MR) is 46.3 cm³/mol. The molecule has 74 valence electrons. The topological polar surface area (TPSA) is 69.6 Å². The summed E-state index contributed by atoms with van der Waals surface area (Å²) in [5.41, 5.74) is -1.06. The largest absolute Gasteiger partial charge is 0.479 e. The third kappa shape index (κ3) is 1.80. The second-order valence-corrected chi connectivity index (χ2v) is 3.27. The van der Waals surface area contributed by atoms with E-state index in [4.69, 9.17) is 5.11 Å². The Morgan fingerprint density at radius 1 is 1.77 bits per heavy atom. The minimum Gasteiger partial charge on any atom is -0.479 e. The van der Waals surface area contributed by atoms with Crippen molar-refractivity contribution in [3.05, 3.63) is 0 Å². The van der Waals surface area contributed by atoms with E-state index in [0.29, 0.717) is 19.4 Å². The Morgan fingerprint density at radius 2 is 2.46 bits per heavy atom. The molecule has 0 spiro atoms. The predicted octanol–water partition coefficient (Wildman–Crippen LogP) is -0.719. The van der Waals surface area contributed by atoms with Crippen molar-refractivity contribution in [1.82, 2.24) is 10.2 Å². The molecule has 0 aliphatic carbocycles. The fourth-order valence-corrected chi connectivity index (χ4v) is 1.63. The molecule has 1 fully saturated rings. The van der Waals surface area contributed by atoms with Gasteiger partial charge in [-0.2, -0.15) is 0 Å². The highest BCUT2D eigenvalue weighted by molar-refractivity contribution is 5.82. The van der Waals surface area contributed by atoms with Gasteiger partial charge in [-0.25, -0.2) is 4.79 Å². The van der Waals surface area contributed by atoms with Crippen LogP contribution in [0.1, 0.15) is 13.3 Å². The Kier molecular flexibility index (Phi) is 2.87. The number of carbonyl (C=O) groups is 2. The normalized spacial score (nSPS) is 28.7. The van der Waals surface area contributed by atoms with Crippen molar-refractivity contribution in [3.8, 4) is 0 Å². The number of carboxylic acid groups (broad SMARTS) is 1. The molecule has 0 bridgehead atoms. The lowest BCUT2D eigenvalue weighted by atomic mass is 9.99. The van der Waals surface area contributed by atoms with Gasteiger partial charge in [0.05, 0.1) is 0 Å². The average molecular weight is 186 g/mol. The number of nitrogens with one attached hydrogen (secondary N) is 1. The molecule has 0 aromatic rings. The minimum absolute atomic E-state index is 0.400. The Labute approximate surface area is 76.7 Å². The molecule has 0 saturated carbocycles. The van der Waals surface area contributed by atoms with Gasteiger partial charge in [-0.05, 0) is 13.0 Å². The van der Waals surface area contributed by atoms with Crippen LogP contribution in [0.25, 0.3) is 0 Å². The number of amides is 1. The van der Waals surface area contributed by atoms with Crippen molar-refractivity contribution in [3.63, 3.8) is 0 Å². The van der Waals surface area contributed by atoms with E-state index in [2.05, 4.69) is 5.32 Å². The van der Waals surface area contributed by atoms with Gasteiger partial charge in [-0.1, -0.05) is 6.92 Å². The molecule has 0 aromatic carbocycles. The van der Waals surface area contributed by atoms with Gasteiger partial charge in [0, 0.05) is 13.1 Å². The van der Waals surface area contributed by atoms with E-state index in [1.807, 2.05) is 11.8 Å². The first kappa shape index (κ1) is 9.98. The number of hydrogen-bond acceptors (Lipinski definition) is 3. The van der Waals surface area contributed by atoms with Gasteiger partial charge in [0.15, 0.2) is 5.54 Å². The van der Waals surface area contributed by atoms with E-state index in [0.717, 1.165) is 13.1 Å². The zero-order valence-corrected chi connectivity index (χ0v) is 7.62. The number of rotatable bonds is 4. The molecule has 1 unspecified atom stereocenters. The highest BCUT2D eigenvalue weighted by atomic mass is 16.4. The molecule has 1 saturated heterocycles. The molecular weight excluding hydrogens is 172 g/mol. The monoisotopic (exact) mass is 186 g/mol. The van der Waals surface area contributed by atoms with E-state index in [1.54, 1.807) is 0 Å². The SMILES string of the molecule is CCN1CCC(NC=O)(C(=O)O)C1. The van der Waals surface area contributed by atoms with Crippen LogP contribution in [0.2, 0.25) is 0 Å². The molecule has 0 radical (unpaired) electrons. The van der Waals surface area contributed by atoms with E-state index in [1.165, 1.54) is 0 Å². The first-order valence-corrected chi connectivity index (χ1v) is 4.32. The Balaban J connectivity index is 2.70. The van der Waals surface area contributed by atoms with Crippen molar-refractivity contribution < 1.29 is 14.7 Å². The molecule has 1 aliphatic rings. The van der Waals surface area contributed by atoms with Crippen molar-refractivity contribution in [2.75, 3.05) is 19.6 Å². The first-order valence-electron chi connectivity index (χ1n) is 4.32. The summed E-state index contributed by atoms with van der Waals surface area (Å²) in [7, 11) is 0. The summed E-state index contributed by atoms with van der Waals surface area (Å²) in [5.74, 6) is -0.949. The summed E-state index contributed by atoms with van der Waals surface area (Å²) < 4.78 is 0. The van der Waals surface area contributed by atoms with Crippen molar-refractivity contribution in [1.29, 1.82) is 0 Å². The van der Waals surface area contributed by atoms with Crippen molar-refractivity contribution >= 4 is 12.4 Å². The van der Waals surface area contributed by atoms with Crippen LogP contribution in [0, 0.1) is 0 Å². The van der Waals surface area contributed by atoms with Crippen LogP contribution in [-0.4, -0.2) is 47.6 Å². The molecule has 1 heterocycles. The van der Waals surface area contributed by atoms with Gasteiger partial charge < -0.3 is 15.3 Å². The molecule has 2 N–H and O–H groups in total. The maximum atomic E-state index is 10.9. The molecule has 13 heavy (non-hydrogen) atoms. The maximum Gasteiger partial charge on any atom is 0.330 e. The first-order chi connectivity index (χ1) is 6.14. The quantitative estimate of drug-likeness (QED) is 0.568. The van der Waals surface area contributed by atoms with E-state index < -0.39 is 11.5 Å². The highest BCUT2D eigenvalue weighted by Gasteiger charge is 2.44. The lowest BCUT2D eigenvalue weighted by molar-refractivity contribution is -0.145. The van der Waals surface area contributed by atoms with E-state index in [9.17, 15) is 9.59 Å². The minimum atomic E-state index is -1.06. The Bertz CT molecular complexity index is 219. The lowest BCUT2D eigenvalue weighted by Gasteiger charge is -2.23. The number of nitrogens with zero attached hydrogens (tertiary/aromatic N) is 1. The lowest BCUT2D eigenvalue weighted by Crippen LogP contribution is -2.53. The van der Waals surface area contributed by atoms with Gasteiger partial charge in [0.25, 0.3) is 0 Å². The van der Waals surface area contributed by atoms with Crippen molar-refractivity contribution in [2.24, 2.45) is 0 Å². The second-order valence-electron chi connectivity index (χ2n) is 3.27. The van der Waals surface area contributed by atoms with Crippen LogP contribution in [0.5, 0.6) is 0 Å². The number of aliphatic carboxylic acids is 1. The van der Waals surface area contributed by atoms with Gasteiger partial charge in [0.2, 0.25) is 6.41 Å². The van der Waals surface area contributed by atoms with Crippen molar-refractivity contribution in [2.45, 2.75) is 18.9 Å². The molecule has 5 nitrogen and oxygen atoms in total. The fraction of sp³-hybridized carbons (Fsp3) is 0.750. The molecular formula is C8H14N2O3. The van der Waals surface area contributed by atoms with Gasteiger partial charge in [-0.15, -0.1) is 0 Å². The molecule has 1 aliphatic heterocycles. The number of carboxylic acids is 1. The second kappa shape index (κ2) is 3.74. The highest BCUT2D eigenvalue weighted by Crippen LogP contribution is 2.20. The fourth-order valence-electron chi connectivity index (χ4n) is 1.63. The van der Waals surface area contributed by atoms with Crippen LogP contribution >= 0.6 is 0 Å². The average Bonchev–Trinajstić information content (AvgIpc) is 2.50. The molecule has 5 heteroatoms. The molecule has 1 atom stereocenters. The molecule has 1 rings (SSSR count). The number of carbonyl (C=O) groups excluding carboxylic acids is 1. The summed E-state index contributed by atoms with van der Waals surface area (Å²) >= 11 is 0. The summed E-state index contributed by atoms with van der Waals surface area (Å²) in [6, 6.07) is 0. The van der Waals surface area contributed by atoms with Gasteiger partial charge in [0.1, 0.15) is 0 Å². The third-order valence-electron chi connectivity index (χ3n) is 2.54. The van der Waals surface area contributed by atoms with E-state index in [-0.39, 0.29) is 0 Å². The van der Waals surface area contributed by atoms with Crippen LogP contribution < -0.4 is 5.32 Å². The zero-order valence-electron chi connectivity index (χ0n) is 7.62. The third-order valence-corrected chi connectivity index (χ3v) is 2.54. The Hall–Kier alpha value is -1.10. The van der Waals surface area contributed by atoms with Gasteiger partial charge >= 0.3 is 5.97 Å². The smallest absolute Gasteiger partial charge is 0.330 e. The van der Waals surface area contributed by atoms with E-state index >= 15 is 0 Å². The number of likely N-dealkylation sites (N-methyl/N-ethyl adjacent to an activating group) is 1. The zero-order chi connectivity index (χ0) is 9.90. The Morgan fingerprint density at radius 3 is 2.85 bits per heavy atom.